The van der Waals surface area contributed by atoms with Crippen molar-refractivity contribution in [1.29, 1.82) is 0 Å². The van der Waals surface area contributed by atoms with E-state index in [1.54, 1.807) is 0 Å². The second kappa shape index (κ2) is 6.69. The highest BCUT2D eigenvalue weighted by atomic mass is 35.5. The maximum Gasteiger partial charge on any atom is 0.138 e. The Balaban J connectivity index is 1.88. The predicted molar refractivity (Wildman–Crippen MR) is 99.4 cm³/mol. The van der Waals surface area contributed by atoms with Gasteiger partial charge in [0.15, 0.2) is 0 Å². The maximum absolute atomic E-state index is 8.92. The van der Waals surface area contributed by atoms with E-state index >= 15 is 0 Å². The van der Waals surface area contributed by atoms with Crippen molar-refractivity contribution in [3.63, 3.8) is 0 Å². The number of rotatable bonds is 4. The fourth-order valence-electron chi connectivity index (χ4n) is 2.98. The highest BCUT2D eigenvalue weighted by molar-refractivity contribution is 6.30. The van der Waals surface area contributed by atoms with E-state index in [4.69, 9.17) is 21.8 Å². The number of hydrogen-bond donors (Lipinski definition) is 2. The SMILES string of the molecule is OOCc1[nH]c(-c2cccc3ccccc23)nc1-c1ccc(Cl)cc1. The molecule has 0 radical (unpaired) electrons. The lowest BCUT2D eigenvalue weighted by atomic mass is 10.0. The van der Waals surface area contributed by atoms with E-state index in [9.17, 15) is 0 Å². The number of imidazole rings is 1. The minimum absolute atomic E-state index is 0.0235. The summed E-state index contributed by atoms with van der Waals surface area (Å²) in [5.41, 5.74) is 3.33. The van der Waals surface area contributed by atoms with Crippen LogP contribution in [0.5, 0.6) is 0 Å². The Morgan fingerprint density at radius 2 is 1.72 bits per heavy atom. The van der Waals surface area contributed by atoms with Gasteiger partial charge in [-0.25, -0.2) is 9.87 Å². The van der Waals surface area contributed by atoms with E-state index < -0.39 is 0 Å². The van der Waals surface area contributed by atoms with Crippen LogP contribution in [0.1, 0.15) is 5.69 Å². The molecule has 0 aliphatic heterocycles. The molecule has 0 bridgehead atoms. The van der Waals surface area contributed by atoms with Gasteiger partial charge in [0, 0.05) is 16.1 Å². The number of benzene rings is 3. The van der Waals surface area contributed by atoms with E-state index in [1.807, 2.05) is 48.5 Å². The molecule has 0 unspecified atom stereocenters. The average Bonchev–Trinajstić information content (AvgIpc) is 3.06. The summed E-state index contributed by atoms with van der Waals surface area (Å²) in [6.07, 6.45) is 0. The molecule has 25 heavy (non-hydrogen) atoms. The van der Waals surface area contributed by atoms with Gasteiger partial charge in [0.1, 0.15) is 12.4 Å². The van der Waals surface area contributed by atoms with Crippen LogP contribution in [0, 0.1) is 0 Å². The molecule has 124 valence electrons. The average molecular weight is 351 g/mol. The zero-order valence-corrected chi connectivity index (χ0v) is 14.0. The molecular formula is C20H15ClN2O2. The lowest BCUT2D eigenvalue weighted by Gasteiger charge is -2.03. The third kappa shape index (κ3) is 3.03. The van der Waals surface area contributed by atoms with Crippen LogP contribution in [0.4, 0.5) is 0 Å². The lowest BCUT2D eigenvalue weighted by molar-refractivity contribution is -0.253. The topological polar surface area (TPSA) is 58.1 Å². The van der Waals surface area contributed by atoms with E-state index in [2.05, 4.69) is 28.1 Å². The number of H-pyrrole nitrogens is 1. The van der Waals surface area contributed by atoms with E-state index in [0.29, 0.717) is 10.7 Å². The molecule has 0 spiro atoms. The van der Waals surface area contributed by atoms with E-state index in [0.717, 1.165) is 33.4 Å². The van der Waals surface area contributed by atoms with Crippen LogP contribution in [0.15, 0.2) is 66.7 Å². The van der Waals surface area contributed by atoms with Crippen LogP contribution in [0.3, 0.4) is 0 Å². The highest BCUT2D eigenvalue weighted by Gasteiger charge is 2.15. The minimum atomic E-state index is 0.0235. The second-order valence-electron chi connectivity index (χ2n) is 5.72. The first kappa shape index (κ1) is 15.8. The molecule has 1 aromatic heterocycles. The number of hydrogen-bond acceptors (Lipinski definition) is 3. The first-order valence-corrected chi connectivity index (χ1v) is 8.23. The minimum Gasteiger partial charge on any atom is -0.339 e. The largest absolute Gasteiger partial charge is 0.339 e. The van der Waals surface area contributed by atoms with Gasteiger partial charge in [-0.1, -0.05) is 66.2 Å². The van der Waals surface area contributed by atoms with Crippen molar-refractivity contribution in [3.8, 4) is 22.6 Å². The maximum atomic E-state index is 8.92. The molecule has 0 atom stereocenters. The Morgan fingerprint density at radius 1 is 0.960 bits per heavy atom. The zero-order chi connectivity index (χ0) is 17.2. The molecule has 0 saturated heterocycles. The molecule has 3 aromatic carbocycles. The molecule has 0 fully saturated rings. The molecule has 0 aliphatic rings. The summed E-state index contributed by atoms with van der Waals surface area (Å²) >= 11 is 5.97. The Morgan fingerprint density at radius 3 is 2.52 bits per heavy atom. The number of aromatic amines is 1. The lowest BCUT2D eigenvalue weighted by Crippen LogP contribution is -1.91. The Bertz CT molecular complexity index is 1020. The number of nitrogens with one attached hydrogen (secondary N) is 1. The smallest absolute Gasteiger partial charge is 0.138 e. The molecule has 5 heteroatoms. The van der Waals surface area contributed by atoms with Crippen LogP contribution in [0.25, 0.3) is 33.4 Å². The molecule has 0 aliphatic carbocycles. The van der Waals surface area contributed by atoms with Crippen LogP contribution in [0.2, 0.25) is 5.02 Å². The third-order valence-electron chi connectivity index (χ3n) is 4.15. The Kier molecular flexibility index (Phi) is 4.24. The van der Waals surface area contributed by atoms with E-state index in [1.165, 1.54) is 0 Å². The van der Waals surface area contributed by atoms with Gasteiger partial charge in [0.25, 0.3) is 0 Å². The van der Waals surface area contributed by atoms with Crippen LogP contribution >= 0.6 is 11.6 Å². The van der Waals surface area contributed by atoms with Crippen molar-refractivity contribution in [3.05, 3.63) is 77.4 Å². The number of nitrogens with zero attached hydrogens (tertiary/aromatic N) is 1. The standard InChI is InChI=1S/C20H15ClN2O2/c21-15-10-8-14(9-11-15)19-18(12-25-24)22-20(23-19)17-7-3-5-13-4-1-2-6-16(13)17/h1-11,24H,12H2,(H,22,23). The molecule has 2 N–H and O–H groups in total. The predicted octanol–water partition coefficient (Wildman–Crippen LogP) is 5.54. The van der Waals surface area contributed by atoms with Gasteiger partial charge in [-0.15, -0.1) is 0 Å². The molecule has 1 heterocycles. The summed E-state index contributed by atoms with van der Waals surface area (Å²) in [7, 11) is 0. The van der Waals surface area contributed by atoms with Crippen LogP contribution in [-0.4, -0.2) is 15.2 Å². The molecular weight excluding hydrogens is 336 g/mol. The fourth-order valence-corrected chi connectivity index (χ4v) is 3.11. The van der Waals surface area contributed by atoms with Crippen molar-refractivity contribution in [2.45, 2.75) is 6.61 Å². The summed E-state index contributed by atoms with van der Waals surface area (Å²) in [6.45, 7) is 0.0235. The van der Waals surface area contributed by atoms with Gasteiger partial charge in [0.2, 0.25) is 0 Å². The molecule has 0 saturated carbocycles. The molecule has 4 nitrogen and oxygen atoms in total. The van der Waals surface area contributed by atoms with Crippen molar-refractivity contribution in [2.24, 2.45) is 0 Å². The first-order valence-electron chi connectivity index (χ1n) is 7.85. The van der Waals surface area contributed by atoms with Crippen molar-refractivity contribution >= 4 is 22.4 Å². The van der Waals surface area contributed by atoms with Crippen molar-refractivity contribution in [2.75, 3.05) is 0 Å². The summed E-state index contributed by atoms with van der Waals surface area (Å²) in [5.74, 6) is 0.730. The number of fused-ring (bicyclic) bond motifs is 1. The summed E-state index contributed by atoms with van der Waals surface area (Å²) in [4.78, 5) is 12.4. The van der Waals surface area contributed by atoms with Gasteiger partial charge >= 0.3 is 0 Å². The van der Waals surface area contributed by atoms with Crippen molar-refractivity contribution in [1.82, 2.24) is 9.97 Å². The van der Waals surface area contributed by atoms with Gasteiger partial charge in [-0.3, -0.25) is 5.26 Å². The van der Waals surface area contributed by atoms with Gasteiger partial charge in [0.05, 0.1) is 11.4 Å². The Hall–Kier alpha value is -2.66. The fraction of sp³-hybridized carbons (Fsp3) is 0.0500. The van der Waals surface area contributed by atoms with E-state index in [-0.39, 0.29) is 6.61 Å². The second-order valence-corrected chi connectivity index (χ2v) is 6.16. The zero-order valence-electron chi connectivity index (χ0n) is 13.2. The normalized spacial score (nSPS) is 11.1. The summed E-state index contributed by atoms with van der Waals surface area (Å²) in [5, 5.41) is 11.8. The van der Waals surface area contributed by atoms with Crippen LogP contribution in [-0.2, 0) is 11.5 Å². The molecule has 4 aromatic rings. The summed E-state index contributed by atoms with van der Waals surface area (Å²) < 4.78 is 0. The monoisotopic (exact) mass is 350 g/mol. The molecule has 4 rings (SSSR count). The van der Waals surface area contributed by atoms with Gasteiger partial charge in [-0.2, -0.15) is 0 Å². The molecule has 0 amide bonds. The number of aromatic nitrogens is 2. The third-order valence-corrected chi connectivity index (χ3v) is 4.40. The van der Waals surface area contributed by atoms with Gasteiger partial charge in [-0.05, 0) is 22.9 Å². The number of halogens is 1. The first-order chi connectivity index (χ1) is 12.3. The van der Waals surface area contributed by atoms with Crippen molar-refractivity contribution < 1.29 is 10.1 Å². The Labute approximate surface area is 149 Å². The summed E-state index contributed by atoms with van der Waals surface area (Å²) in [6, 6.07) is 21.7. The highest BCUT2D eigenvalue weighted by Crippen LogP contribution is 2.31. The quantitative estimate of drug-likeness (QED) is 0.375. The van der Waals surface area contributed by atoms with Gasteiger partial charge < -0.3 is 4.98 Å². The van der Waals surface area contributed by atoms with Crippen LogP contribution < -0.4 is 0 Å².